The first-order valence-electron chi connectivity index (χ1n) is 6.62. The molecule has 0 bridgehead atoms. The monoisotopic (exact) mass is 317 g/mol. The van der Waals surface area contributed by atoms with Crippen LogP contribution in [0.3, 0.4) is 0 Å². The van der Waals surface area contributed by atoms with Crippen LogP contribution in [0.1, 0.15) is 10.4 Å². The van der Waals surface area contributed by atoms with Crippen LogP contribution < -0.4 is 10.1 Å². The number of aromatic hydroxyl groups is 2. The summed E-state index contributed by atoms with van der Waals surface area (Å²) in [6.07, 6.45) is 0. The highest BCUT2D eigenvalue weighted by Gasteiger charge is 2.15. The lowest BCUT2D eigenvalue weighted by Crippen LogP contribution is -2.20. The van der Waals surface area contributed by atoms with Crippen LogP contribution in [0.25, 0.3) is 0 Å². The van der Waals surface area contributed by atoms with Crippen LogP contribution in [0, 0.1) is 0 Å². The van der Waals surface area contributed by atoms with E-state index in [1.807, 2.05) is 0 Å². The van der Waals surface area contributed by atoms with Crippen molar-refractivity contribution in [1.82, 2.24) is 0 Å². The molecule has 7 nitrogen and oxygen atoms in total. The van der Waals surface area contributed by atoms with E-state index in [-0.39, 0.29) is 11.3 Å². The lowest BCUT2D eigenvalue weighted by Gasteiger charge is -2.08. The molecule has 2 aromatic rings. The van der Waals surface area contributed by atoms with Crippen LogP contribution in [0.5, 0.6) is 17.2 Å². The van der Waals surface area contributed by atoms with Gasteiger partial charge in [0.25, 0.3) is 5.91 Å². The zero-order valence-corrected chi connectivity index (χ0v) is 12.3. The Balaban J connectivity index is 1.89. The van der Waals surface area contributed by atoms with Crippen molar-refractivity contribution in [1.29, 1.82) is 0 Å². The number of carbonyl (C=O) groups is 2. The second-order valence-electron chi connectivity index (χ2n) is 4.55. The molecule has 23 heavy (non-hydrogen) atoms. The summed E-state index contributed by atoms with van der Waals surface area (Å²) in [4.78, 5) is 23.5. The Kier molecular flexibility index (Phi) is 5.03. The molecule has 2 rings (SSSR count). The Morgan fingerprint density at radius 3 is 2.39 bits per heavy atom. The first kappa shape index (κ1) is 16.2. The number of phenolic OH excluding ortho intramolecular Hbond substituents is 2. The number of carbonyl (C=O) groups excluding carboxylic acids is 2. The topological polar surface area (TPSA) is 105 Å². The van der Waals surface area contributed by atoms with E-state index in [4.69, 9.17) is 14.6 Å². The lowest BCUT2D eigenvalue weighted by molar-refractivity contribution is -0.119. The Morgan fingerprint density at radius 1 is 1.09 bits per heavy atom. The molecule has 0 spiro atoms. The van der Waals surface area contributed by atoms with Gasteiger partial charge < -0.3 is 25.0 Å². The van der Waals surface area contributed by atoms with Crippen molar-refractivity contribution < 1.29 is 29.3 Å². The van der Waals surface area contributed by atoms with Crippen LogP contribution in [-0.2, 0) is 9.53 Å². The van der Waals surface area contributed by atoms with Gasteiger partial charge in [0.15, 0.2) is 6.61 Å². The van der Waals surface area contributed by atoms with Crippen LogP contribution in [0.2, 0.25) is 0 Å². The molecular formula is C16H15NO6. The first-order valence-corrected chi connectivity index (χ1v) is 6.62. The summed E-state index contributed by atoms with van der Waals surface area (Å²) in [6.45, 7) is -0.509. The summed E-state index contributed by atoms with van der Waals surface area (Å²) in [5.41, 5.74) is 0.388. The third-order valence-corrected chi connectivity index (χ3v) is 2.91. The number of nitrogens with one attached hydrogen (secondary N) is 1. The highest BCUT2D eigenvalue weighted by molar-refractivity contribution is 5.96. The smallest absolute Gasteiger partial charge is 0.342 e. The molecular weight excluding hydrogens is 302 g/mol. The normalized spacial score (nSPS) is 9.96. The Bertz CT molecular complexity index is 711. The fourth-order valence-electron chi connectivity index (χ4n) is 1.77. The fraction of sp³-hybridized carbons (Fsp3) is 0.125. The van der Waals surface area contributed by atoms with Gasteiger partial charge in [0.05, 0.1) is 7.11 Å². The number of rotatable bonds is 5. The molecule has 3 N–H and O–H groups in total. The SMILES string of the molecule is COc1ccc(NC(=O)COC(=O)c2ccc(O)cc2O)cc1. The summed E-state index contributed by atoms with van der Waals surface area (Å²) < 4.78 is 9.81. The fourth-order valence-corrected chi connectivity index (χ4v) is 1.77. The zero-order chi connectivity index (χ0) is 16.8. The Labute approximate surface area is 132 Å². The highest BCUT2D eigenvalue weighted by atomic mass is 16.5. The molecule has 0 saturated heterocycles. The van der Waals surface area contributed by atoms with Crippen molar-refractivity contribution in [2.45, 2.75) is 0 Å². The number of phenols is 2. The molecule has 0 aromatic heterocycles. The molecule has 0 aliphatic carbocycles. The van der Waals surface area contributed by atoms with E-state index in [0.717, 1.165) is 6.07 Å². The Hall–Kier alpha value is -3.22. The van der Waals surface area contributed by atoms with Gasteiger partial charge in [-0.1, -0.05) is 0 Å². The minimum atomic E-state index is -0.868. The van der Waals surface area contributed by atoms with E-state index in [0.29, 0.717) is 11.4 Å². The largest absolute Gasteiger partial charge is 0.508 e. The average molecular weight is 317 g/mol. The minimum Gasteiger partial charge on any atom is -0.508 e. The summed E-state index contributed by atoms with van der Waals surface area (Å²) in [7, 11) is 1.53. The standard InChI is InChI=1S/C16H15NO6/c1-22-12-5-2-10(3-6-12)17-15(20)9-23-16(21)13-7-4-11(18)8-14(13)19/h2-8,18-19H,9H2,1H3,(H,17,20). The van der Waals surface area contributed by atoms with Gasteiger partial charge in [0.1, 0.15) is 22.8 Å². The second kappa shape index (κ2) is 7.17. The van der Waals surface area contributed by atoms with E-state index in [1.54, 1.807) is 24.3 Å². The maximum absolute atomic E-state index is 11.8. The van der Waals surface area contributed by atoms with E-state index >= 15 is 0 Å². The lowest BCUT2D eigenvalue weighted by atomic mass is 10.2. The summed E-state index contributed by atoms with van der Waals surface area (Å²) >= 11 is 0. The highest BCUT2D eigenvalue weighted by Crippen LogP contribution is 2.23. The van der Waals surface area contributed by atoms with E-state index in [9.17, 15) is 14.7 Å². The van der Waals surface area contributed by atoms with Crippen molar-refractivity contribution in [2.24, 2.45) is 0 Å². The third-order valence-electron chi connectivity index (χ3n) is 2.91. The van der Waals surface area contributed by atoms with Gasteiger partial charge in [-0.2, -0.15) is 0 Å². The maximum atomic E-state index is 11.8. The number of amides is 1. The molecule has 0 atom stereocenters. The van der Waals surface area contributed by atoms with Crippen LogP contribution in [-0.4, -0.2) is 35.8 Å². The minimum absolute atomic E-state index is 0.139. The number of anilines is 1. The molecule has 1 amide bonds. The quantitative estimate of drug-likeness (QED) is 0.727. The van der Waals surface area contributed by atoms with Crippen molar-refractivity contribution in [3.8, 4) is 17.2 Å². The van der Waals surface area contributed by atoms with Gasteiger partial charge >= 0.3 is 5.97 Å². The number of esters is 1. The second-order valence-corrected chi connectivity index (χ2v) is 4.55. The predicted molar refractivity (Wildman–Crippen MR) is 81.7 cm³/mol. The number of methoxy groups -OCH3 is 1. The van der Waals surface area contributed by atoms with Crippen molar-refractivity contribution in [3.05, 3.63) is 48.0 Å². The molecule has 2 aromatic carbocycles. The predicted octanol–water partition coefficient (Wildman–Crippen LogP) is 1.90. The molecule has 0 unspecified atom stereocenters. The van der Waals surface area contributed by atoms with Gasteiger partial charge in [-0.25, -0.2) is 4.79 Å². The maximum Gasteiger partial charge on any atom is 0.342 e. The molecule has 0 fully saturated rings. The average Bonchev–Trinajstić information content (AvgIpc) is 2.53. The molecule has 0 aliphatic rings. The molecule has 0 radical (unpaired) electrons. The summed E-state index contributed by atoms with van der Waals surface area (Å²) in [6, 6.07) is 10.1. The van der Waals surface area contributed by atoms with Gasteiger partial charge in [0.2, 0.25) is 0 Å². The van der Waals surface area contributed by atoms with Gasteiger partial charge in [-0.3, -0.25) is 4.79 Å². The van der Waals surface area contributed by atoms with Crippen molar-refractivity contribution in [2.75, 3.05) is 19.0 Å². The van der Waals surface area contributed by atoms with Gasteiger partial charge in [0, 0.05) is 11.8 Å². The van der Waals surface area contributed by atoms with E-state index in [2.05, 4.69) is 5.32 Å². The zero-order valence-electron chi connectivity index (χ0n) is 12.3. The number of hydrogen-bond donors (Lipinski definition) is 3. The van der Waals surface area contributed by atoms with E-state index < -0.39 is 24.2 Å². The molecule has 0 aliphatic heterocycles. The Morgan fingerprint density at radius 2 is 1.78 bits per heavy atom. The molecule has 120 valence electrons. The van der Waals surface area contributed by atoms with Crippen LogP contribution >= 0.6 is 0 Å². The van der Waals surface area contributed by atoms with Gasteiger partial charge in [-0.15, -0.1) is 0 Å². The number of hydrogen-bond acceptors (Lipinski definition) is 6. The molecule has 0 saturated carbocycles. The summed E-state index contributed by atoms with van der Waals surface area (Å²) in [5.74, 6) is -1.35. The number of ether oxygens (including phenoxy) is 2. The van der Waals surface area contributed by atoms with Crippen LogP contribution in [0.15, 0.2) is 42.5 Å². The van der Waals surface area contributed by atoms with Crippen LogP contribution in [0.4, 0.5) is 5.69 Å². The van der Waals surface area contributed by atoms with E-state index in [1.165, 1.54) is 19.2 Å². The number of benzene rings is 2. The molecule has 0 heterocycles. The van der Waals surface area contributed by atoms with Crippen molar-refractivity contribution in [3.63, 3.8) is 0 Å². The third kappa shape index (κ3) is 4.37. The van der Waals surface area contributed by atoms with Gasteiger partial charge in [-0.05, 0) is 36.4 Å². The summed E-state index contributed by atoms with van der Waals surface area (Å²) in [5, 5.41) is 21.2. The first-order chi connectivity index (χ1) is 11.0. The molecule has 7 heteroatoms. The van der Waals surface area contributed by atoms with Crippen molar-refractivity contribution >= 4 is 17.6 Å².